The van der Waals surface area contributed by atoms with Crippen molar-refractivity contribution in [2.45, 2.75) is 6.42 Å². The highest BCUT2D eigenvalue weighted by Crippen LogP contribution is 2.05. The Bertz CT molecular complexity index is 370. The largest absolute Gasteiger partial charge is 0.301 e. The average Bonchev–Trinajstić information content (AvgIpc) is 2.47. The van der Waals surface area contributed by atoms with Crippen LogP contribution in [-0.2, 0) is 0 Å². The minimum absolute atomic E-state index is 0.778. The Balaban J connectivity index is 1.67. The van der Waals surface area contributed by atoms with Crippen LogP contribution in [0.2, 0.25) is 0 Å². The van der Waals surface area contributed by atoms with Gasteiger partial charge in [-0.2, -0.15) is 0 Å². The quantitative estimate of drug-likeness (QED) is 0.738. The number of nitrogens with zero attached hydrogens (tertiary/aromatic N) is 2. The van der Waals surface area contributed by atoms with Crippen LogP contribution >= 0.6 is 11.6 Å². The van der Waals surface area contributed by atoms with Crippen LogP contribution in [0.3, 0.4) is 0 Å². The molecular weight excluding hydrogens is 256 g/mol. The molecule has 1 heterocycles. The van der Waals surface area contributed by atoms with Gasteiger partial charge in [0.25, 0.3) is 0 Å². The van der Waals surface area contributed by atoms with Gasteiger partial charge >= 0.3 is 0 Å². The lowest BCUT2D eigenvalue weighted by Crippen LogP contribution is -2.46. The number of hydrogen-bond acceptors (Lipinski definition) is 2. The van der Waals surface area contributed by atoms with Gasteiger partial charge in [0.2, 0.25) is 0 Å². The van der Waals surface area contributed by atoms with Gasteiger partial charge in [0.15, 0.2) is 0 Å². The lowest BCUT2D eigenvalue weighted by Gasteiger charge is -2.34. The van der Waals surface area contributed by atoms with Gasteiger partial charge in [0, 0.05) is 38.6 Å². The van der Waals surface area contributed by atoms with E-state index in [-0.39, 0.29) is 0 Å². The zero-order valence-electron chi connectivity index (χ0n) is 11.5. The SMILES string of the molecule is ClCCCN1CCN(C/C=C/c2ccccc2)CC1. The molecule has 0 radical (unpaired) electrons. The fraction of sp³-hybridized carbons (Fsp3) is 0.500. The van der Waals surface area contributed by atoms with Gasteiger partial charge in [-0.25, -0.2) is 0 Å². The molecule has 1 aliphatic rings. The van der Waals surface area contributed by atoms with Crippen LogP contribution in [0.4, 0.5) is 0 Å². The third-order valence-corrected chi connectivity index (χ3v) is 3.81. The molecule has 2 rings (SSSR count). The van der Waals surface area contributed by atoms with Crippen molar-refractivity contribution in [1.82, 2.24) is 9.80 Å². The second-order valence-corrected chi connectivity index (χ2v) is 5.38. The highest BCUT2D eigenvalue weighted by atomic mass is 35.5. The number of rotatable bonds is 6. The van der Waals surface area contributed by atoms with Crippen LogP contribution in [0.1, 0.15) is 12.0 Å². The molecule has 0 bridgehead atoms. The minimum atomic E-state index is 0.778. The van der Waals surface area contributed by atoms with Crippen molar-refractivity contribution in [3.63, 3.8) is 0 Å². The monoisotopic (exact) mass is 278 g/mol. The third-order valence-electron chi connectivity index (χ3n) is 3.55. The summed E-state index contributed by atoms with van der Waals surface area (Å²) in [4.78, 5) is 5.02. The van der Waals surface area contributed by atoms with E-state index >= 15 is 0 Å². The Morgan fingerprint density at radius 3 is 2.37 bits per heavy atom. The highest BCUT2D eigenvalue weighted by molar-refractivity contribution is 6.17. The molecule has 0 N–H and O–H groups in total. The second-order valence-electron chi connectivity index (χ2n) is 5.00. The molecule has 1 aliphatic heterocycles. The fourth-order valence-corrected chi connectivity index (χ4v) is 2.50. The maximum atomic E-state index is 5.73. The van der Waals surface area contributed by atoms with Crippen molar-refractivity contribution >= 4 is 17.7 Å². The second kappa shape index (κ2) is 8.36. The summed E-state index contributed by atoms with van der Waals surface area (Å²) in [6.07, 6.45) is 5.58. The molecule has 0 aliphatic carbocycles. The van der Waals surface area contributed by atoms with E-state index in [0.717, 1.165) is 25.4 Å². The third kappa shape index (κ3) is 5.35. The van der Waals surface area contributed by atoms with E-state index < -0.39 is 0 Å². The lowest BCUT2D eigenvalue weighted by atomic mass is 10.2. The van der Waals surface area contributed by atoms with E-state index in [0.29, 0.717) is 0 Å². The number of hydrogen-bond donors (Lipinski definition) is 0. The average molecular weight is 279 g/mol. The molecule has 19 heavy (non-hydrogen) atoms. The van der Waals surface area contributed by atoms with Gasteiger partial charge in [0.1, 0.15) is 0 Å². The summed E-state index contributed by atoms with van der Waals surface area (Å²) in [5.41, 5.74) is 1.28. The number of benzene rings is 1. The predicted octanol–water partition coefficient (Wildman–Crippen LogP) is 2.95. The van der Waals surface area contributed by atoms with Crippen molar-refractivity contribution in [3.8, 4) is 0 Å². The van der Waals surface area contributed by atoms with Gasteiger partial charge in [-0.3, -0.25) is 4.90 Å². The van der Waals surface area contributed by atoms with Crippen molar-refractivity contribution in [2.75, 3.05) is 45.1 Å². The first kappa shape index (κ1) is 14.6. The lowest BCUT2D eigenvalue weighted by molar-refractivity contribution is 0.143. The topological polar surface area (TPSA) is 6.48 Å². The molecule has 0 aromatic heterocycles. The van der Waals surface area contributed by atoms with Crippen LogP contribution in [0.15, 0.2) is 36.4 Å². The first-order valence-corrected chi connectivity index (χ1v) is 7.64. The van der Waals surface area contributed by atoms with Crippen molar-refractivity contribution in [3.05, 3.63) is 42.0 Å². The fourth-order valence-electron chi connectivity index (χ4n) is 2.38. The molecule has 0 atom stereocenters. The molecule has 104 valence electrons. The van der Waals surface area contributed by atoms with E-state index in [1.807, 2.05) is 0 Å². The zero-order valence-corrected chi connectivity index (χ0v) is 12.2. The van der Waals surface area contributed by atoms with Gasteiger partial charge in [0.05, 0.1) is 0 Å². The normalized spacial score (nSPS) is 18.2. The summed E-state index contributed by atoms with van der Waals surface area (Å²) in [5, 5.41) is 0. The summed E-state index contributed by atoms with van der Waals surface area (Å²) in [6, 6.07) is 10.5. The van der Waals surface area contributed by atoms with E-state index in [2.05, 4.69) is 52.3 Å². The summed E-state index contributed by atoms with van der Waals surface area (Å²) in [7, 11) is 0. The van der Waals surface area contributed by atoms with Crippen LogP contribution in [0, 0.1) is 0 Å². The Morgan fingerprint density at radius 2 is 1.68 bits per heavy atom. The number of alkyl halides is 1. The van der Waals surface area contributed by atoms with Gasteiger partial charge in [-0.1, -0.05) is 42.5 Å². The maximum Gasteiger partial charge on any atom is 0.0235 e. The molecule has 1 fully saturated rings. The number of halogens is 1. The van der Waals surface area contributed by atoms with Gasteiger partial charge in [-0.05, 0) is 18.5 Å². The Hall–Kier alpha value is -0.830. The Labute approximate surface area is 121 Å². The Morgan fingerprint density at radius 1 is 1.00 bits per heavy atom. The van der Waals surface area contributed by atoms with E-state index in [1.165, 1.54) is 31.7 Å². The van der Waals surface area contributed by atoms with E-state index in [1.54, 1.807) is 0 Å². The smallest absolute Gasteiger partial charge is 0.0235 e. The molecule has 3 heteroatoms. The first-order chi connectivity index (χ1) is 9.38. The van der Waals surface area contributed by atoms with Crippen LogP contribution in [0.25, 0.3) is 6.08 Å². The highest BCUT2D eigenvalue weighted by Gasteiger charge is 2.14. The molecule has 2 nitrogen and oxygen atoms in total. The van der Waals surface area contributed by atoms with Crippen LogP contribution < -0.4 is 0 Å². The summed E-state index contributed by atoms with van der Waals surface area (Å²) in [5.74, 6) is 0.778. The van der Waals surface area contributed by atoms with Crippen molar-refractivity contribution in [2.24, 2.45) is 0 Å². The van der Waals surface area contributed by atoms with Crippen LogP contribution in [0.5, 0.6) is 0 Å². The summed E-state index contributed by atoms with van der Waals surface area (Å²) < 4.78 is 0. The molecule has 0 spiro atoms. The molecule has 1 aromatic carbocycles. The summed E-state index contributed by atoms with van der Waals surface area (Å²) in [6.45, 7) is 6.89. The summed E-state index contributed by atoms with van der Waals surface area (Å²) >= 11 is 5.73. The predicted molar refractivity (Wildman–Crippen MR) is 83.7 cm³/mol. The standard InChI is InChI=1S/C16H23ClN2/c17-9-5-11-19-14-12-18(13-15-19)10-4-8-16-6-2-1-3-7-16/h1-4,6-8H,5,9-15H2/b8-4+. The van der Waals surface area contributed by atoms with Crippen LogP contribution in [-0.4, -0.2) is 54.9 Å². The molecule has 0 saturated carbocycles. The van der Waals surface area contributed by atoms with Gasteiger partial charge < -0.3 is 4.90 Å². The molecule has 0 amide bonds. The zero-order chi connectivity index (χ0) is 13.3. The number of piperazine rings is 1. The van der Waals surface area contributed by atoms with E-state index in [9.17, 15) is 0 Å². The maximum absolute atomic E-state index is 5.73. The molecule has 0 unspecified atom stereocenters. The Kier molecular flexibility index (Phi) is 6.42. The van der Waals surface area contributed by atoms with Crippen molar-refractivity contribution < 1.29 is 0 Å². The molecule has 1 saturated heterocycles. The minimum Gasteiger partial charge on any atom is -0.301 e. The first-order valence-electron chi connectivity index (χ1n) is 7.11. The van der Waals surface area contributed by atoms with Gasteiger partial charge in [-0.15, -0.1) is 11.6 Å². The molecule has 1 aromatic rings. The van der Waals surface area contributed by atoms with E-state index in [4.69, 9.17) is 11.6 Å². The molecular formula is C16H23ClN2. The van der Waals surface area contributed by atoms with Crippen molar-refractivity contribution in [1.29, 1.82) is 0 Å².